The molecule has 0 bridgehead atoms. The van der Waals surface area contributed by atoms with E-state index in [1.54, 1.807) is 12.4 Å². The van der Waals surface area contributed by atoms with Crippen LogP contribution in [0.25, 0.3) is 11.4 Å². The molecule has 4 saturated heterocycles. The predicted molar refractivity (Wildman–Crippen MR) is 204 cm³/mol. The third-order valence-corrected chi connectivity index (χ3v) is 10.2. The molecule has 5 aliphatic rings. The van der Waals surface area contributed by atoms with Crippen molar-refractivity contribution in [3.63, 3.8) is 0 Å². The van der Waals surface area contributed by atoms with E-state index in [1.807, 2.05) is 24.3 Å². The van der Waals surface area contributed by atoms with E-state index in [2.05, 4.69) is 36.4 Å². The lowest BCUT2D eigenvalue weighted by Gasteiger charge is -2.34. The number of pyridine rings is 2. The van der Waals surface area contributed by atoms with Crippen LogP contribution in [0.1, 0.15) is 22.3 Å². The zero-order chi connectivity index (χ0) is 38.3. The lowest BCUT2D eigenvalue weighted by Crippen LogP contribution is -2.29. The molecule has 302 valence electrons. The molecule has 2 aromatic carbocycles. The summed E-state index contributed by atoms with van der Waals surface area (Å²) in [5, 5.41) is 0. The van der Waals surface area contributed by atoms with Crippen molar-refractivity contribution in [1.29, 1.82) is 0 Å². The minimum absolute atomic E-state index is 0.170. The largest absolute Gasteiger partial charge is 0.487 e. The number of ether oxygens (including phenoxy) is 12. The molecule has 4 atom stereocenters. The fraction of sp³-hybridized carbons (Fsp3) is 0.488. The summed E-state index contributed by atoms with van der Waals surface area (Å²) in [7, 11) is 0. The van der Waals surface area contributed by atoms with Gasteiger partial charge in [-0.3, -0.25) is 9.97 Å². The lowest BCUT2D eigenvalue weighted by atomic mass is 9.68. The zero-order valence-corrected chi connectivity index (χ0v) is 31.8. The molecule has 4 fully saturated rings. The minimum atomic E-state index is -0.874. The highest BCUT2D eigenvalue weighted by Crippen LogP contribution is 2.56. The van der Waals surface area contributed by atoms with Crippen molar-refractivity contribution in [2.45, 2.75) is 29.8 Å². The summed E-state index contributed by atoms with van der Waals surface area (Å²) < 4.78 is 69.8. The quantitative estimate of drug-likeness (QED) is 0.0587. The first-order chi connectivity index (χ1) is 28.3. The Kier molecular flexibility index (Phi) is 12.1. The van der Waals surface area contributed by atoms with Gasteiger partial charge in [0.25, 0.3) is 0 Å². The maximum atomic E-state index is 6.45. The highest BCUT2D eigenvalue weighted by Gasteiger charge is 2.48. The highest BCUT2D eigenvalue weighted by atomic mass is 16.6. The number of nitrogens with zero attached hydrogens (tertiary/aromatic N) is 2. The van der Waals surface area contributed by atoms with E-state index in [1.165, 1.54) is 0 Å². The molecule has 14 nitrogen and oxygen atoms in total. The number of rotatable bonds is 26. The van der Waals surface area contributed by atoms with Crippen LogP contribution in [0.5, 0.6) is 23.0 Å². The number of epoxide rings is 4. The van der Waals surface area contributed by atoms with Crippen LogP contribution in [-0.4, -0.2) is 140 Å². The number of aromatic nitrogens is 2. The summed E-state index contributed by atoms with van der Waals surface area (Å²) in [5.74, 6) is 2.36. The second kappa shape index (κ2) is 18.0. The van der Waals surface area contributed by atoms with Gasteiger partial charge in [0.15, 0.2) is 23.0 Å². The molecule has 1 aliphatic carbocycles. The zero-order valence-electron chi connectivity index (χ0n) is 31.8. The molecule has 0 amide bonds. The molecule has 4 unspecified atom stereocenters. The Labute approximate surface area is 331 Å². The molecule has 4 aliphatic heterocycles. The molecule has 0 saturated carbocycles. The molecule has 0 radical (unpaired) electrons. The second-order valence-corrected chi connectivity index (χ2v) is 14.4. The molecule has 4 aromatic rings. The summed E-state index contributed by atoms with van der Waals surface area (Å²) in [5.41, 5.74) is 4.56. The number of hydrogen-bond donors (Lipinski definition) is 0. The second-order valence-electron chi connectivity index (χ2n) is 14.4. The van der Waals surface area contributed by atoms with Gasteiger partial charge in [-0.25, -0.2) is 0 Å². The number of hydrogen-bond acceptors (Lipinski definition) is 14. The number of fused-ring (bicyclic) bond motifs is 3. The van der Waals surface area contributed by atoms with Gasteiger partial charge in [0, 0.05) is 12.4 Å². The van der Waals surface area contributed by atoms with E-state index >= 15 is 0 Å². The predicted octanol–water partition coefficient (Wildman–Crippen LogP) is 4.02. The fourth-order valence-electron chi connectivity index (χ4n) is 7.03. The SMILES string of the molecule is c1cnc2c(c1)C(c1ccc(OCCOCC3CO3)c(OCCOCC3CO3)c1)(c1ccc(OCCOCC3CO3)c(OCCOCC3CO3)c1)c1cccnc1-2. The normalized spacial score (nSPS) is 21.7. The van der Waals surface area contributed by atoms with E-state index in [4.69, 9.17) is 66.8 Å². The Morgan fingerprint density at radius 3 is 1.16 bits per heavy atom. The summed E-state index contributed by atoms with van der Waals surface area (Å²) in [6.07, 6.45) is 4.32. The van der Waals surface area contributed by atoms with E-state index < -0.39 is 5.41 Å². The maximum absolute atomic E-state index is 6.45. The van der Waals surface area contributed by atoms with Crippen molar-refractivity contribution in [2.75, 3.05) is 106 Å². The first-order valence-corrected chi connectivity index (χ1v) is 19.7. The van der Waals surface area contributed by atoms with Crippen molar-refractivity contribution in [1.82, 2.24) is 9.97 Å². The highest BCUT2D eigenvalue weighted by molar-refractivity contribution is 5.82. The maximum Gasteiger partial charge on any atom is 0.161 e. The van der Waals surface area contributed by atoms with Crippen molar-refractivity contribution < 1.29 is 56.8 Å². The van der Waals surface area contributed by atoms with Gasteiger partial charge in [0.2, 0.25) is 0 Å². The van der Waals surface area contributed by atoms with Crippen LogP contribution in [0.15, 0.2) is 73.1 Å². The van der Waals surface area contributed by atoms with Gasteiger partial charge in [0.05, 0.1) is 96.1 Å². The lowest BCUT2D eigenvalue weighted by molar-refractivity contribution is 0.0800. The van der Waals surface area contributed by atoms with Gasteiger partial charge in [-0.2, -0.15) is 0 Å². The Balaban J connectivity index is 1.05. The summed E-state index contributed by atoms with van der Waals surface area (Å²) in [6.45, 7) is 8.13. The van der Waals surface area contributed by atoms with Gasteiger partial charge in [-0.05, 0) is 58.7 Å². The summed E-state index contributed by atoms with van der Waals surface area (Å²) in [4.78, 5) is 9.76. The average molecular weight is 785 g/mol. The van der Waals surface area contributed by atoms with Crippen LogP contribution in [0, 0.1) is 0 Å². The molecule has 6 heterocycles. The molecular formula is C43H48N2O12. The third kappa shape index (κ3) is 9.51. The van der Waals surface area contributed by atoms with Crippen LogP contribution in [-0.2, 0) is 43.3 Å². The minimum Gasteiger partial charge on any atom is -0.487 e. The third-order valence-electron chi connectivity index (χ3n) is 10.2. The van der Waals surface area contributed by atoms with E-state index in [0.717, 1.165) is 60.1 Å². The van der Waals surface area contributed by atoms with Gasteiger partial charge in [-0.15, -0.1) is 0 Å². The van der Waals surface area contributed by atoms with Gasteiger partial charge < -0.3 is 56.8 Å². The first-order valence-electron chi connectivity index (χ1n) is 19.7. The van der Waals surface area contributed by atoms with E-state index in [9.17, 15) is 0 Å². The van der Waals surface area contributed by atoms with Gasteiger partial charge >= 0.3 is 0 Å². The van der Waals surface area contributed by atoms with Crippen molar-refractivity contribution in [3.8, 4) is 34.4 Å². The fourth-order valence-corrected chi connectivity index (χ4v) is 7.03. The molecule has 0 N–H and O–H groups in total. The van der Waals surface area contributed by atoms with Crippen LogP contribution in [0.2, 0.25) is 0 Å². The topological polar surface area (TPSA) is 150 Å². The molecule has 2 aromatic heterocycles. The van der Waals surface area contributed by atoms with Crippen LogP contribution in [0.3, 0.4) is 0 Å². The smallest absolute Gasteiger partial charge is 0.161 e. The molecule has 0 spiro atoms. The van der Waals surface area contributed by atoms with Crippen LogP contribution < -0.4 is 18.9 Å². The van der Waals surface area contributed by atoms with Crippen molar-refractivity contribution >= 4 is 0 Å². The Morgan fingerprint density at radius 2 is 0.807 bits per heavy atom. The Morgan fingerprint density at radius 1 is 0.456 bits per heavy atom. The summed E-state index contributed by atoms with van der Waals surface area (Å²) >= 11 is 0. The van der Waals surface area contributed by atoms with Crippen LogP contribution in [0.4, 0.5) is 0 Å². The monoisotopic (exact) mass is 784 g/mol. The molecule has 57 heavy (non-hydrogen) atoms. The van der Waals surface area contributed by atoms with Crippen molar-refractivity contribution in [2.24, 2.45) is 0 Å². The van der Waals surface area contributed by atoms with Crippen molar-refractivity contribution in [3.05, 3.63) is 95.3 Å². The average Bonchev–Trinajstić information content (AvgIpc) is 4.02. The Bertz CT molecular complexity index is 1810. The summed E-state index contributed by atoms with van der Waals surface area (Å²) in [6, 6.07) is 20.3. The molecular weight excluding hydrogens is 736 g/mol. The van der Waals surface area contributed by atoms with E-state index in [-0.39, 0.29) is 24.4 Å². The van der Waals surface area contributed by atoms with E-state index in [0.29, 0.717) is 102 Å². The van der Waals surface area contributed by atoms with Gasteiger partial charge in [-0.1, -0.05) is 24.3 Å². The number of benzene rings is 2. The standard InChI is InChI=1S/C43H48N2O12/c1-3-35-41(44-9-1)42-36(4-2-10-45-42)43(35,29-5-7-37(50-15-11-46-21-31-25-54-31)39(19-29)52-17-13-48-23-33-27-56-33)30-6-8-38(51-16-12-47-22-32-26-55-32)40(20-30)53-18-14-49-24-34-28-57-34/h1-10,19-20,31-34H,11-18,21-28H2. The van der Waals surface area contributed by atoms with Gasteiger partial charge in [0.1, 0.15) is 50.8 Å². The Hall–Kier alpha value is -4.38. The molecule has 9 rings (SSSR count). The molecule has 14 heteroatoms. The first kappa shape index (κ1) is 38.2. The van der Waals surface area contributed by atoms with Crippen LogP contribution >= 0.6 is 0 Å².